The molecule has 0 aliphatic heterocycles. The average molecular weight is 150 g/mol. The van der Waals surface area contributed by atoms with Gasteiger partial charge in [-0.15, -0.1) is 0 Å². The van der Waals surface area contributed by atoms with E-state index in [1.807, 2.05) is 0 Å². The molecule has 1 aromatic carbocycles. The fourth-order valence-corrected chi connectivity index (χ4v) is 0.761. The minimum atomic E-state index is -0.511. The Morgan fingerprint density at radius 2 is 2.09 bits per heavy atom. The van der Waals surface area contributed by atoms with Crippen LogP contribution >= 0.6 is 0 Å². The molecule has 2 N–H and O–H groups in total. The number of hydrogen-bond donors (Lipinski definition) is 1. The lowest BCUT2D eigenvalue weighted by Crippen LogP contribution is -2.02. The van der Waals surface area contributed by atoms with Gasteiger partial charge in [-0.2, -0.15) is 0 Å². The lowest BCUT2D eigenvalue weighted by Gasteiger charge is -1.91. The molecule has 0 atom stereocenters. The second-order valence-corrected chi connectivity index (χ2v) is 2.02. The van der Waals surface area contributed by atoms with Crippen molar-refractivity contribution in [1.29, 1.82) is 0 Å². The highest BCUT2D eigenvalue weighted by Gasteiger charge is 2.18. The highest BCUT2D eigenvalue weighted by molar-refractivity contribution is 5.92. The van der Waals surface area contributed by atoms with Crippen LogP contribution in [0.5, 0.6) is 0 Å². The van der Waals surface area contributed by atoms with Gasteiger partial charge in [-0.05, 0) is 12.1 Å². The molecule has 3 nitrogen and oxygen atoms in total. The van der Waals surface area contributed by atoms with E-state index >= 15 is 0 Å². The van der Waals surface area contributed by atoms with Gasteiger partial charge in [0.15, 0.2) is 12.4 Å². The Morgan fingerprint density at radius 1 is 1.45 bits per heavy atom. The van der Waals surface area contributed by atoms with E-state index in [0.29, 0.717) is 11.3 Å². The third-order valence-electron chi connectivity index (χ3n) is 1.31. The Labute approximate surface area is 64.1 Å². The van der Waals surface area contributed by atoms with Crippen LogP contribution in [0.15, 0.2) is 24.3 Å². The zero-order chi connectivity index (χ0) is 8.27. The summed E-state index contributed by atoms with van der Waals surface area (Å²) in [6, 6.07) is 6.67. The van der Waals surface area contributed by atoms with Gasteiger partial charge in [-0.3, -0.25) is 4.42 Å². The molecule has 1 rings (SSSR count). The minimum absolute atomic E-state index is 0.350. The molecule has 3 heteroatoms. The van der Waals surface area contributed by atoms with Gasteiger partial charge in [0.05, 0.1) is 10.5 Å². The van der Waals surface area contributed by atoms with Crippen LogP contribution in [-0.2, 0) is 4.42 Å². The number of para-hydroxylation sites is 1. The minimum Gasteiger partial charge on any atom is -0.398 e. The van der Waals surface area contributed by atoms with E-state index in [9.17, 15) is 4.79 Å². The number of hydrogen-bond acceptors (Lipinski definition) is 2. The maximum atomic E-state index is 10.9. The van der Waals surface area contributed by atoms with Crippen LogP contribution in [0.1, 0.15) is 10.4 Å². The van der Waals surface area contributed by atoms with Crippen molar-refractivity contribution in [3.05, 3.63) is 29.8 Å². The van der Waals surface area contributed by atoms with E-state index in [2.05, 4.69) is 11.2 Å². The van der Waals surface area contributed by atoms with Crippen LogP contribution in [0, 0.1) is 0 Å². The molecule has 11 heavy (non-hydrogen) atoms. The van der Waals surface area contributed by atoms with Crippen molar-refractivity contribution >= 4 is 18.4 Å². The Kier molecular flexibility index (Phi) is 2.01. The normalized spacial score (nSPS) is 9.09. The van der Waals surface area contributed by atoms with Crippen LogP contribution in [0.4, 0.5) is 5.69 Å². The maximum Gasteiger partial charge on any atom is 0.614 e. The van der Waals surface area contributed by atoms with Gasteiger partial charge in [0.25, 0.3) is 0 Å². The molecular weight excluding hydrogens is 142 g/mol. The highest BCUT2D eigenvalue weighted by Crippen LogP contribution is 2.09. The largest absolute Gasteiger partial charge is 0.614 e. The van der Waals surface area contributed by atoms with E-state index in [-0.39, 0.29) is 0 Å². The third kappa shape index (κ3) is 1.43. The maximum absolute atomic E-state index is 10.9. The lowest BCUT2D eigenvalue weighted by molar-refractivity contribution is -0.334. The van der Waals surface area contributed by atoms with Gasteiger partial charge in [-0.25, -0.2) is 0 Å². The molecule has 0 amide bonds. The van der Waals surface area contributed by atoms with Crippen LogP contribution < -0.4 is 5.73 Å². The molecule has 56 valence electrons. The van der Waals surface area contributed by atoms with Crippen molar-refractivity contribution in [1.82, 2.24) is 0 Å². The van der Waals surface area contributed by atoms with Crippen molar-refractivity contribution in [2.45, 2.75) is 0 Å². The van der Waals surface area contributed by atoms with Gasteiger partial charge < -0.3 is 5.73 Å². The number of anilines is 1. The van der Waals surface area contributed by atoms with Gasteiger partial charge >= 0.3 is 5.97 Å². The van der Waals surface area contributed by atoms with E-state index in [1.54, 1.807) is 24.3 Å². The van der Waals surface area contributed by atoms with Crippen LogP contribution in [-0.4, -0.2) is 12.8 Å². The molecule has 0 unspecified atom stereocenters. The first kappa shape index (κ1) is 7.47. The molecule has 0 bridgehead atoms. The molecule has 0 aliphatic rings. The summed E-state index contributed by atoms with van der Waals surface area (Å²) in [5.74, 6) is -0.511. The van der Waals surface area contributed by atoms with Crippen molar-refractivity contribution in [2.24, 2.45) is 0 Å². The Morgan fingerprint density at radius 3 is 2.64 bits per heavy atom. The summed E-state index contributed by atoms with van der Waals surface area (Å²) in [5.41, 5.74) is 6.22. The SMILES string of the molecule is C=[O+]C(=O)c1ccccc1N. The predicted molar refractivity (Wildman–Crippen MR) is 42.3 cm³/mol. The lowest BCUT2D eigenvalue weighted by atomic mass is 10.2. The van der Waals surface area contributed by atoms with Gasteiger partial charge in [0.2, 0.25) is 0 Å². The fraction of sp³-hybridized carbons (Fsp3) is 0. The molecule has 0 fully saturated rings. The Hall–Kier alpha value is -1.64. The number of nitrogen functional groups attached to an aromatic ring is 1. The first-order chi connectivity index (χ1) is 5.25. The predicted octanol–water partition coefficient (Wildman–Crippen LogP) is 0.773. The summed E-state index contributed by atoms with van der Waals surface area (Å²) in [4.78, 5) is 10.9. The highest BCUT2D eigenvalue weighted by atomic mass is 16.4. The first-order valence-corrected chi connectivity index (χ1v) is 3.06. The van der Waals surface area contributed by atoms with Crippen molar-refractivity contribution < 1.29 is 9.22 Å². The summed E-state index contributed by atoms with van der Waals surface area (Å²) in [5, 5.41) is 0. The standard InChI is InChI=1S/C8H7NO2/c1-11-8(10)6-4-2-3-5-7(6)9/h2-5H,1H2,(H-,9,10)/p+1. The van der Waals surface area contributed by atoms with Gasteiger partial charge in [0, 0.05) is 0 Å². The van der Waals surface area contributed by atoms with Crippen molar-refractivity contribution in [3.8, 4) is 0 Å². The topological polar surface area (TPSA) is 54.4 Å². The molecule has 0 aromatic heterocycles. The zero-order valence-electron chi connectivity index (χ0n) is 5.91. The summed E-state index contributed by atoms with van der Waals surface area (Å²) < 4.78 is 4.25. The molecule has 0 saturated carbocycles. The van der Waals surface area contributed by atoms with Crippen molar-refractivity contribution in [2.75, 3.05) is 5.73 Å². The smallest absolute Gasteiger partial charge is 0.398 e. The van der Waals surface area contributed by atoms with Gasteiger partial charge in [0.1, 0.15) is 0 Å². The number of benzene rings is 1. The zero-order valence-corrected chi connectivity index (χ0v) is 5.91. The average Bonchev–Trinajstić information content (AvgIpc) is 2.04. The van der Waals surface area contributed by atoms with Crippen LogP contribution in [0.25, 0.3) is 0 Å². The van der Waals surface area contributed by atoms with Crippen LogP contribution in [0.3, 0.4) is 0 Å². The number of carbonyl (C=O) groups is 1. The second-order valence-electron chi connectivity index (χ2n) is 2.02. The monoisotopic (exact) mass is 150 g/mol. The molecule has 0 spiro atoms. The Balaban J connectivity index is 3.13. The van der Waals surface area contributed by atoms with E-state index < -0.39 is 5.97 Å². The van der Waals surface area contributed by atoms with Crippen LogP contribution in [0.2, 0.25) is 0 Å². The third-order valence-corrected chi connectivity index (χ3v) is 1.31. The molecular formula is C8H8NO2+. The summed E-state index contributed by atoms with van der Waals surface area (Å²) in [6.07, 6.45) is 0. The second kappa shape index (κ2) is 2.96. The quantitative estimate of drug-likeness (QED) is 0.475. The summed E-state index contributed by atoms with van der Waals surface area (Å²) in [7, 11) is 0. The molecule has 0 saturated heterocycles. The Bertz CT molecular complexity index is 294. The summed E-state index contributed by atoms with van der Waals surface area (Å²) in [6.45, 7) is 3.00. The molecule has 0 radical (unpaired) electrons. The first-order valence-electron chi connectivity index (χ1n) is 3.06. The van der Waals surface area contributed by atoms with E-state index in [0.717, 1.165) is 0 Å². The van der Waals surface area contributed by atoms with E-state index in [1.165, 1.54) is 0 Å². The molecule has 0 aliphatic carbocycles. The number of carbonyl (C=O) groups excluding carboxylic acids is 2. The number of rotatable bonds is 1. The fourth-order valence-electron chi connectivity index (χ4n) is 0.761. The summed E-state index contributed by atoms with van der Waals surface area (Å²) >= 11 is 0. The van der Waals surface area contributed by atoms with E-state index in [4.69, 9.17) is 5.73 Å². The van der Waals surface area contributed by atoms with Gasteiger partial charge in [-0.1, -0.05) is 12.1 Å². The van der Waals surface area contributed by atoms with Crippen molar-refractivity contribution in [3.63, 3.8) is 0 Å². The molecule has 1 aromatic rings. The number of nitrogens with two attached hydrogens (primary N) is 1. The molecule has 0 heterocycles.